The zero-order valence-electron chi connectivity index (χ0n) is 14.7. The van der Waals surface area contributed by atoms with Gasteiger partial charge in [0.15, 0.2) is 0 Å². The van der Waals surface area contributed by atoms with E-state index >= 15 is 0 Å². The van der Waals surface area contributed by atoms with Gasteiger partial charge < -0.3 is 4.90 Å². The van der Waals surface area contributed by atoms with Crippen LogP contribution in [0.5, 0.6) is 0 Å². The number of anilines is 1. The molecule has 3 heterocycles. The van der Waals surface area contributed by atoms with Crippen molar-refractivity contribution in [3.63, 3.8) is 0 Å². The minimum Gasteiger partial charge on any atom is -0.330 e. The quantitative estimate of drug-likeness (QED) is 0.829. The minimum atomic E-state index is -0.0708. The van der Waals surface area contributed by atoms with Crippen LogP contribution in [0.15, 0.2) is 46.9 Å². The molecule has 6 heteroatoms. The zero-order valence-corrected chi connectivity index (χ0v) is 15.5. The number of nitrogens with zero attached hydrogens (tertiary/aromatic N) is 3. The number of carbonyl (C=O) groups excluding carboxylic acids is 2. The SMILES string of the molecule is CCC1c2ccsc2CCN1C(=O)C1=NN(c2ccccc2)C(=O)CC1. The molecule has 0 bridgehead atoms. The number of fused-ring (bicyclic) bond motifs is 1. The lowest BCUT2D eigenvalue weighted by Crippen LogP contribution is -2.45. The van der Waals surface area contributed by atoms with E-state index in [1.807, 2.05) is 35.2 Å². The first-order valence-electron chi connectivity index (χ1n) is 9.01. The molecule has 2 aliphatic heterocycles. The van der Waals surface area contributed by atoms with Gasteiger partial charge in [0.1, 0.15) is 5.71 Å². The normalized spacial score (nSPS) is 20.0. The van der Waals surface area contributed by atoms with Crippen LogP contribution < -0.4 is 5.01 Å². The molecule has 2 aromatic rings. The van der Waals surface area contributed by atoms with E-state index in [2.05, 4.69) is 23.5 Å². The summed E-state index contributed by atoms with van der Waals surface area (Å²) in [5.74, 6) is -0.110. The van der Waals surface area contributed by atoms with Crippen molar-refractivity contribution in [2.45, 2.75) is 38.6 Å². The molecular weight excluding hydrogens is 346 g/mol. The fourth-order valence-corrected chi connectivity index (χ4v) is 4.65. The molecule has 2 aliphatic rings. The highest BCUT2D eigenvalue weighted by Crippen LogP contribution is 2.35. The summed E-state index contributed by atoms with van der Waals surface area (Å²) >= 11 is 1.77. The Bertz CT molecular complexity index is 859. The molecule has 1 aromatic heterocycles. The summed E-state index contributed by atoms with van der Waals surface area (Å²) in [6.45, 7) is 2.82. The largest absolute Gasteiger partial charge is 0.330 e. The Kier molecular flexibility index (Phi) is 4.59. The van der Waals surface area contributed by atoms with Gasteiger partial charge in [-0.05, 0) is 42.0 Å². The monoisotopic (exact) mass is 367 g/mol. The van der Waals surface area contributed by atoms with Crippen molar-refractivity contribution in [3.8, 4) is 0 Å². The Labute approximate surface area is 156 Å². The highest BCUT2D eigenvalue weighted by molar-refractivity contribution is 7.10. The molecule has 0 spiro atoms. The fraction of sp³-hybridized carbons (Fsp3) is 0.350. The summed E-state index contributed by atoms with van der Waals surface area (Å²) < 4.78 is 0. The summed E-state index contributed by atoms with van der Waals surface area (Å²) in [6.07, 6.45) is 2.49. The third-order valence-corrected chi connectivity index (χ3v) is 6.02. The number of amides is 2. The van der Waals surface area contributed by atoms with Gasteiger partial charge in [0.2, 0.25) is 5.91 Å². The van der Waals surface area contributed by atoms with Gasteiger partial charge in [-0.1, -0.05) is 25.1 Å². The van der Waals surface area contributed by atoms with Crippen LogP contribution in [0, 0.1) is 0 Å². The molecule has 134 valence electrons. The lowest BCUT2D eigenvalue weighted by Gasteiger charge is -2.36. The molecule has 0 saturated carbocycles. The molecule has 26 heavy (non-hydrogen) atoms. The Morgan fingerprint density at radius 3 is 2.77 bits per heavy atom. The van der Waals surface area contributed by atoms with Crippen LogP contribution in [0.25, 0.3) is 0 Å². The van der Waals surface area contributed by atoms with E-state index in [9.17, 15) is 9.59 Å². The first-order valence-corrected chi connectivity index (χ1v) is 9.89. The molecule has 1 aromatic carbocycles. The van der Waals surface area contributed by atoms with E-state index in [4.69, 9.17) is 0 Å². The maximum Gasteiger partial charge on any atom is 0.270 e. The number of rotatable bonds is 3. The van der Waals surface area contributed by atoms with Crippen molar-refractivity contribution < 1.29 is 9.59 Å². The summed E-state index contributed by atoms with van der Waals surface area (Å²) in [7, 11) is 0. The molecule has 0 saturated heterocycles. The maximum absolute atomic E-state index is 13.2. The number of hydrogen-bond donors (Lipinski definition) is 0. The molecule has 5 nitrogen and oxygen atoms in total. The van der Waals surface area contributed by atoms with Crippen molar-refractivity contribution in [2.75, 3.05) is 11.6 Å². The maximum atomic E-state index is 13.2. The fourth-order valence-electron chi connectivity index (χ4n) is 3.72. The average Bonchev–Trinajstić information content (AvgIpc) is 3.16. The summed E-state index contributed by atoms with van der Waals surface area (Å²) in [5, 5.41) is 7.91. The van der Waals surface area contributed by atoms with Crippen LogP contribution in [0.1, 0.15) is 42.7 Å². The smallest absolute Gasteiger partial charge is 0.270 e. The predicted octanol–water partition coefficient (Wildman–Crippen LogP) is 3.77. The van der Waals surface area contributed by atoms with Crippen molar-refractivity contribution in [1.82, 2.24) is 4.90 Å². The molecule has 4 rings (SSSR count). The van der Waals surface area contributed by atoms with E-state index in [1.165, 1.54) is 15.4 Å². The average molecular weight is 367 g/mol. The number of benzene rings is 1. The summed E-state index contributed by atoms with van der Waals surface area (Å²) in [4.78, 5) is 28.8. The number of hydrogen-bond acceptors (Lipinski definition) is 4. The molecule has 0 N–H and O–H groups in total. The number of hydrazone groups is 1. The number of thiophene rings is 1. The van der Waals surface area contributed by atoms with Crippen LogP contribution in [-0.4, -0.2) is 29.0 Å². The number of para-hydroxylation sites is 1. The second kappa shape index (κ2) is 7.03. The van der Waals surface area contributed by atoms with Crippen molar-refractivity contribution >= 4 is 34.6 Å². The Morgan fingerprint density at radius 1 is 1.19 bits per heavy atom. The van der Waals surface area contributed by atoms with E-state index < -0.39 is 0 Å². The highest BCUT2D eigenvalue weighted by atomic mass is 32.1. The van der Waals surface area contributed by atoms with E-state index in [0.29, 0.717) is 30.8 Å². The molecule has 2 amide bonds. The van der Waals surface area contributed by atoms with Gasteiger partial charge in [0.05, 0.1) is 11.7 Å². The van der Waals surface area contributed by atoms with Crippen molar-refractivity contribution in [3.05, 3.63) is 52.2 Å². The van der Waals surface area contributed by atoms with Gasteiger partial charge in [-0.3, -0.25) is 9.59 Å². The van der Waals surface area contributed by atoms with E-state index in [1.54, 1.807) is 11.3 Å². The third kappa shape index (κ3) is 2.94. The predicted molar refractivity (Wildman–Crippen MR) is 103 cm³/mol. The summed E-state index contributed by atoms with van der Waals surface area (Å²) in [5.41, 5.74) is 2.45. The molecule has 1 unspecified atom stereocenters. The lowest BCUT2D eigenvalue weighted by molar-refractivity contribution is -0.127. The van der Waals surface area contributed by atoms with Crippen LogP contribution in [0.4, 0.5) is 5.69 Å². The minimum absolute atomic E-state index is 0.0397. The van der Waals surface area contributed by atoms with Crippen molar-refractivity contribution in [2.24, 2.45) is 5.10 Å². The topological polar surface area (TPSA) is 53.0 Å². The second-order valence-electron chi connectivity index (χ2n) is 6.56. The van der Waals surface area contributed by atoms with Gasteiger partial charge in [0, 0.05) is 24.3 Å². The van der Waals surface area contributed by atoms with Crippen LogP contribution >= 0.6 is 11.3 Å². The van der Waals surface area contributed by atoms with E-state index in [0.717, 1.165) is 12.8 Å². The molecule has 0 radical (unpaired) electrons. The first kappa shape index (κ1) is 17.0. The van der Waals surface area contributed by atoms with Gasteiger partial charge in [-0.15, -0.1) is 11.3 Å². The van der Waals surface area contributed by atoms with Gasteiger partial charge in [-0.25, -0.2) is 5.01 Å². The van der Waals surface area contributed by atoms with E-state index in [-0.39, 0.29) is 17.9 Å². The van der Waals surface area contributed by atoms with Gasteiger partial charge in [0.25, 0.3) is 5.91 Å². The van der Waals surface area contributed by atoms with Crippen molar-refractivity contribution in [1.29, 1.82) is 0 Å². The Balaban J connectivity index is 1.62. The third-order valence-electron chi connectivity index (χ3n) is 5.02. The van der Waals surface area contributed by atoms with Gasteiger partial charge in [-0.2, -0.15) is 5.10 Å². The van der Waals surface area contributed by atoms with Gasteiger partial charge >= 0.3 is 0 Å². The molecule has 1 atom stereocenters. The Morgan fingerprint density at radius 2 is 2.00 bits per heavy atom. The lowest BCUT2D eigenvalue weighted by atomic mass is 9.96. The second-order valence-corrected chi connectivity index (χ2v) is 7.56. The molecule has 0 fully saturated rings. The summed E-state index contributed by atoms with van der Waals surface area (Å²) in [6, 6.07) is 11.5. The Hall–Kier alpha value is -2.47. The molecule has 0 aliphatic carbocycles. The molecular formula is C20H21N3O2S. The number of carbonyl (C=O) groups is 2. The van der Waals surface area contributed by atoms with Crippen LogP contribution in [0.3, 0.4) is 0 Å². The highest BCUT2D eigenvalue weighted by Gasteiger charge is 2.34. The first-order chi connectivity index (χ1) is 12.7. The zero-order chi connectivity index (χ0) is 18.1. The van der Waals surface area contributed by atoms with Crippen LogP contribution in [-0.2, 0) is 16.0 Å². The standard InChI is InChI=1S/C20H21N3O2S/c1-2-17-15-11-13-26-18(15)10-12-22(17)20(25)16-8-9-19(24)23(21-16)14-6-4-3-5-7-14/h3-7,11,13,17H,2,8-10,12H2,1H3. The van der Waals surface area contributed by atoms with Crippen LogP contribution in [0.2, 0.25) is 0 Å².